The van der Waals surface area contributed by atoms with E-state index in [4.69, 9.17) is 0 Å². The fourth-order valence-electron chi connectivity index (χ4n) is 2.09. The van der Waals surface area contributed by atoms with Crippen molar-refractivity contribution in [3.8, 4) is 0 Å². The van der Waals surface area contributed by atoms with Crippen molar-refractivity contribution >= 4 is 17.4 Å². The lowest BCUT2D eigenvalue weighted by Gasteiger charge is -2.16. The summed E-state index contributed by atoms with van der Waals surface area (Å²) in [4.78, 5) is 17.2. The highest BCUT2D eigenvalue weighted by Crippen LogP contribution is 2.14. The number of hydrogen-bond acceptors (Lipinski definition) is 3. The first-order valence-corrected chi connectivity index (χ1v) is 8.00. The van der Waals surface area contributed by atoms with Crippen molar-refractivity contribution < 1.29 is 4.79 Å². The van der Waals surface area contributed by atoms with Gasteiger partial charge in [-0.25, -0.2) is 4.79 Å². The highest BCUT2D eigenvalue weighted by atomic mass is 32.1. The SMILES string of the molecule is C[C@H](CNC(=O)N[C@@H](C)c1ccncc1)Cc1cccs1. The van der Waals surface area contributed by atoms with Crippen molar-refractivity contribution in [3.63, 3.8) is 0 Å². The van der Waals surface area contributed by atoms with Gasteiger partial charge < -0.3 is 10.6 Å². The number of aromatic nitrogens is 1. The van der Waals surface area contributed by atoms with Crippen LogP contribution >= 0.6 is 11.3 Å². The third-order valence-electron chi connectivity index (χ3n) is 3.29. The van der Waals surface area contributed by atoms with E-state index in [1.807, 2.05) is 19.1 Å². The van der Waals surface area contributed by atoms with Gasteiger partial charge in [-0.15, -0.1) is 11.3 Å². The number of hydrogen-bond donors (Lipinski definition) is 2. The lowest BCUT2D eigenvalue weighted by Crippen LogP contribution is -2.39. The first kappa shape index (κ1) is 15.5. The van der Waals surface area contributed by atoms with E-state index < -0.39 is 0 Å². The molecule has 2 atom stereocenters. The Morgan fingerprint density at radius 1 is 1.29 bits per heavy atom. The molecular weight excluding hydrogens is 282 g/mol. The number of thiophene rings is 1. The first-order chi connectivity index (χ1) is 10.1. The van der Waals surface area contributed by atoms with Crippen LogP contribution in [0.1, 0.15) is 30.3 Å². The molecule has 2 amide bonds. The first-order valence-electron chi connectivity index (χ1n) is 7.12. The molecule has 2 aromatic rings. The Morgan fingerprint density at radius 2 is 2.05 bits per heavy atom. The maximum Gasteiger partial charge on any atom is 0.315 e. The van der Waals surface area contributed by atoms with Gasteiger partial charge in [-0.3, -0.25) is 4.98 Å². The van der Waals surface area contributed by atoms with Crippen LogP contribution in [0.4, 0.5) is 4.79 Å². The van der Waals surface area contributed by atoms with Crippen molar-refractivity contribution in [1.29, 1.82) is 0 Å². The number of nitrogens with one attached hydrogen (secondary N) is 2. The Bertz CT molecular complexity index is 542. The third kappa shape index (κ3) is 5.19. The van der Waals surface area contributed by atoms with Crippen LogP contribution in [0.2, 0.25) is 0 Å². The number of rotatable bonds is 6. The molecule has 0 fully saturated rings. The summed E-state index contributed by atoms with van der Waals surface area (Å²) in [6.07, 6.45) is 4.46. The largest absolute Gasteiger partial charge is 0.338 e. The van der Waals surface area contributed by atoms with Crippen LogP contribution in [0, 0.1) is 5.92 Å². The molecule has 2 rings (SSSR count). The monoisotopic (exact) mass is 303 g/mol. The molecule has 21 heavy (non-hydrogen) atoms. The lowest BCUT2D eigenvalue weighted by molar-refractivity contribution is 0.236. The van der Waals surface area contributed by atoms with E-state index in [9.17, 15) is 4.79 Å². The Hall–Kier alpha value is -1.88. The number of urea groups is 1. The van der Waals surface area contributed by atoms with E-state index >= 15 is 0 Å². The molecule has 4 nitrogen and oxygen atoms in total. The standard InChI is InChI=1S/C16H21N3OS/c1-12(10-15-4-3-9-21-15)11-18-16(20)19-13(2)14-5-7-17-8-6-14/h3-9,12-13H,10-11H2,1-2H3,(H2,18,19,20)/t12-,13-/m0/s1. The summed E-state index contributed by atoms with van der Waals surface area (Å²) in [7, 11) is 0. The maximum atomic E-state index is 11.9. The van der Waals surface area contributed by atoms with Crippen LogP contribution in [0.15, 0.2) is 42.0 Å². The van der Waals surface area contributed by atoms with Crippen LogP contribution in [0.25, 0.3) is 0 Å². The van der Waals surface area contributed by atoms with Gasteiger partial charge in [-0.2, -0.15) is 0 Å². The molecule has 0 unspecified atom stereocenters. The number of carbonyl (C=O) groups is 1. The van der Waals surface area contributed by atoms with Crippen molar-refractivity contribution in [2.45, 2.75) is 26.3 Å². The van der Waals surface area contributed by atoms with E-state index in [0.29, 0.717) is 12.5 Å². The fourth-order valence-corrected chi connectivity index (χ4v) is 2.96. The summed E-state index contributed by atoms with van der Waals surface area (Å²) in [5, 5.41) is 7.95. The minimum Gasteiger partial charge on any atom is -0.338 e. The molecule has 0 bridgehead atoms. The van der Waals surface area contributed by atoms with Crippen LogP contribution in [0.5, 0.6) is 0 Å². The molecule has 5 heteroatoms. The summed E-state index contributed by atoms with van der Waals surface area (Å²) in [6.45, 7) is 4.78. The zero-order valence-corrected chi connectivity index (χ0v) is 13.2. The molecule has 112 valence electrons. The Kier molecular flexibility index (Phi) is 5.75. The van der Waals surface area contributed by atoms with Crippen molar-refractivity contribution in [3.05, 3.63) is 52.5 Å². The molecule has 0 saturated carbocycles. The van der Waals surface area contributed by atoms with Crippen molar-refractivity contribution in [2.24, 2.45) is 5.92 Å². The zero-order valence-electron chi connectivity index (χ0n) is 12.4. The minimum atomic E-state index is -0.127. The maximum absolute atomic E-state index is 11.9. The van der Waals surface area contributed by atoms with Crippen LogP contribution in [-0.2, 0) is 6.42 Å². The molecule has 2 heterocycles. The summed E-state index contributed by atoms with van der Waals surface area (Å²) in [5.74, 6) is 0.422. The van der Waals surface area contributed by atoms with E-state index in [2.05, 4.69) is 40.1 Å². The van der Waals surface area contributed by atoms with E-state index in [-0.39, 0.29) is 12.1 Å². The second-order valence-corrected chi connectivity index (χ2v) is 6.28. The van der Waals surface area contributed by atoms with Crippen LogP contribution in [0.3, 0.4) is 0 Å². The van der Waals surface area contributed by atoms with E-state index in [1.165, 1.54) is 4.88 Å². The number of nitrogens with zero attached hydrogens (tertiary/aromatic N) is 1. The van der Waals surface area contributed by atoms with Gasteiger partial charge in [-0.1, -0.05) is 13.0 Å². The third-order valence-corrected chi connectivity index (χ3v) is 4.19. The van der Waals surface area contributed by atoms with Gasteiger partial charge in [0.1, 0.15) is 0 Å². The second-order valence-electron chi connectivity index (χ2n) is 5.25. The van der Waals surface area contributed by atoms with Gasteiger partial charge >= 0.3 is 6.03 Å². The van der Waals surface area contributed by atoms with E-state index in [1.54, 1.807) is 23.7 Å². The Balaban J connectivity index is 1.72. The molecule has 0 saturated heterocycles. The average molecular weight is 303 g/mol. The topological polar surface area (TPSA) is 54.0 Å². The smallest absolute Gasteiger partial charge is 0.315 e. The molecule has 0 spiro atoms. The summed E-state index contributed by atoms with van der Waals surface area (Å²) < 4.78 is 0. The quantitative estimate of drug-likeness (QED) is 0.859. The molecule has 0 radical (unpaired) electrons. The minimum absolute atomic E-state index is 0.0272. The molecule has 0 aromatic carbocycles. The second kappa shape index (κ2) is 7.78. The highest BCUT2D eigenvalue weighted by molar-refractivity contribution is 7.09. The molecular formula is C16H21N3OS. The van der Waals surface area contributed by atoms with Gasteiger partial charge in [0.05, 0.1) is 6.04 Å². The summed E-state index contributed by atoms with van der Waals surface area (Å²) >= 11 is 1.76. The molecule has 0 aliphatic rings. The molecule has 0 aliphatic heterocycles. The van der Waals surface area contributed by atoms with Crippen molar-refractivity contribution in [1.82, 2.24) is 15.6 Å². The van der Waals surface area contributed by atoms with Crippen LogP contribution < -0.4 is 10.6 Å². The van der Waals surface area contributed by atoms with Gasteiger partial charge in [0.25, 0.3) is 0 Å². The van der Waals surface area contributed by atoms with Crippen molar-refractivity contribution in [2.75, 3.05) is 6.54 Å². The lowest BCUT2D eigenvalue weighted by atomic mass is 10.1. The van der Waals surface area contributed by atoms with Gasteiger partial charge in [0, 0.05) is 23.8 Å². The number of amides is 2. The summed E-state index contributed by atoms with van der Waals surface area (Å²) in [5.41, 5.74) is 1.05. The zero-order chi connectivity index (χ0) is 15.1. The predicted octanol–water partition coefficient (Wildman–Crippen LogP) is 3.38. The Morgan fingerprint density at radius 3 is 2.71 bits per heavy atom. The van der Waals surface area contributed by atoms with E-state index in [0.717, 1.165) is 12.0 Å². The molecule has 2 N–H and O–H groups in total. The predicted molar refractivity (Wildman–Crippen MR) is 86.4 cm³/mol. The highest BCUT2D eigenvalue weighted by Gasteiger charge is 2.10. The molecule has 0 aliphatic carbocycles. The number of pyridine rings is 1. The average Bonchev–Trinajstić information content (AvgIpc) is 2.99. The Labute approximate surface area is 129 Å². The summed E-state index contributed by atoms with van der Waals surface area (Å²) in [6, 6.07) is 7.85. The van der Waals surface area contributed by atoms with Gasteiger partial charge in [0.2, 0.25) is 0 Å². The fraction of sp³-hybridized carbons (Fsp3) is 0.375. The van der Waals surface area contributed by atoms with Gasteiger partial charge in [0.15, 0.2) is 0 Å². The van der Waals surface area contributed by atoms with Crippen LogP contribution in [-0.4, -0.2) is 17.6 Å². The normalized spacial score (nSPS) is 13.4. The van der Waals surface area contributed by atoms with Gasteiger partial charge in [-0.05, 0) is 48.4 Å². The molecule has 2 aromatic heterocycles. The number of carbonyl (C=O) groups excluding carboxylic acids is 1.